The van der Waals surface area contributed by atoms with Crippen LogP contribution in [0.1, 0.15) is 6.92 Å². The summed E-state index contributed by atoms with van der Waals surface area (Å²) in [7, 11) is 1.34. The van der Waals surface area contributed by atoms with Crippen LogP contribution in [0.4, 0.5) is 27.6 Å². The monoisotopic (exact) mass is 255 g/mol. The molecule has 0 saturated heterocycles. The van der Waals surface area contributed by atoms with Gasteiger partial charge in [0.1, 0.15) is 5.69 Å². The third kappa shape index (κ3) is 2.66. The third-order valence-electron chi connectivity index (χ3n) is 2.02. The van der Waals surface area contributed by atoms with E-state index in [0.717, 1.165) is 0 Å². The van der Waals surface area contributed by atoms with Crippen LogP contribution in [0.25, 0.3) is 0 Å². The van der Waals surface area contributed by atoms with Gasteiger partial charge in [-0.15, -0.1) is 0 Å². The van der Waals surface area contributed by atoms with E-state index in [4.69, 9.17) is 0 Å². The molecule has 1 aromatic carbocycles. The molecule has 0 fully saturated rings. The quantitative estimate of drug-likeness (QED) is 0.507. The SMILES string of the molecule is COCC(C)Nc1c(F)c(F)c(F)c(F)c1F. The van der Waals surface area contributed by atoms with Gasteiger partial charge in [0.05, 0.1) is 6.61 Å². The molecule has 0 spiro atoms. The number of halogens is 5. The number of hydrogen-bond acceptors (Lipinski definition) is 2. The minimum Gasteiger partial charge on any atom is -0.383 e. The van der Waals surface area contributed by atoms with E-state index in [0.29, 0.717) is 0 Å². The number of methoxy groups -OCH3 is 1. The van der Waals surface area contributed by atoms with E-state index in [1.807, 2.05) is 0 Å². The Hall–Kier alpha value is -1.37. The summed E-state index contributed by atoms with van der Waals surface area (Å²) in [4.78, 5) is 0. The van der Waals surface area contributed by atoms with Crippen LogP contribution >= 0.6 is 0 Å². The first-order chi connectivity index (χ1) is 7.90. The van der Waals surface area contributed by atoms with Crippen LogP contribution in [0, 0.1) is 29.1 Å². The summed E-state index contributed by atoms with van der Waals surface area (Å²) >= 11 is 0. The fourth-order valence-corrected chi connectivity index (χ4v) is 1.27. The lowest BCUT2D eigenvalue weighted by molar-refractivity contribution is 0.190. The molecule has 0 radical (unpaired) electrons. The Kier molecular flexibility index (Phi) is 4.28. The van der Waals surface area contributed by atoms with Crippen molar-refractivity contribution in [1.29, 1.82) is 0 Å². The molecule has 0 amide bonds. The first kappa shape index (κ1) is 13.7. The molecular formula is C10H10F5NO. The molecule has 0 aromatic heterocycles. The predicted octanol–water partition coefficient (Wildman–Crippen LogP) is 2.83. The summed E-state index contributed by atoms with van der Waals surface area (Å²) in [5.41, 5.74) is -1.05. The molecule has 0 bridgehead atoms. The summed E-state index contributed by atoms with van der Waals surface area (Å²) in [6.07, 6.45) is 0. The first-order valence-corrected chi connectivity index (χ1v) is 4.67. The second kappa shape index (κ2) is 5.31. The van der Waals surface area contributed by atoms with E-state index in [9.17, 15) is 22.0 Å². The summed E-state index contributed by atoms with van der Waals surface area (Å²) < 4.78 is 69.3. The van der Waals surface area contributed by atoms with Crippen molar-refractivity contribution >= 4 is 5.69 Å². The summed E-state index contributed by atoms with van der Waals surface area (Å²) in [6, 6.07) is -0.603. The van der Waals surface area contributed by atoms with E-state index < -0.39 is 40.8 Å². The lowest BCUT2D eigenvalue weighted by Crippen LogP contribution is -2.23. The van der Waals surface area contributed by atoms with Crippen molar-refractivity contribution in [3.63, 3.8) is 0 Å². The van der Waals surface area contributed by atoms with Gasteiger partial charge in [-0.05, 0) is 6.92 Å². The summed E-state index contributed by atoms with van der Waals surface area (Å²) in [5, 5.41) is 2.17. The second-order valence-corrected chi connectivity index (χ2v) is 3.45. The molecule has 0 aliphatic heterocycles. The van der Waals surface area contributed by atoms with Crippen LogP contribution < -0.4 is 5.32 Å². The standard InChI is InChI=1S/C10H10F5NO/c1-4(3-17-2)16-10-8(14)6(12)5(11)7(13)9(10)15/h4,16H,3H2,1-2H3. The van der Waals surface area contributed by atoms with Gasteiger partial charge in [0.2, 0.25) is 5.82 Å². The van der Waals surface area contributed by atoms with Crippen LogP contribution in [0.2, 0.25) is 0 Å². The Balaban J connectivity index is 3.16. The Labute approximate surface area is 94.4 Å². The van der Waals surface area contributed by atoms with Crippen molar-refractivity contribution < 1.29 is 26.7 Å². The molecule has 17 heavy (non-hydrogen) atoms. The number of anilines is 1. The van der Waals surface area contributed by atoms with Crippen molar-refractivity contribution in [3.8, 4) is 0 Å². The fraction of sp³-hybridized carbons (Fsp3) is 0.400. The van der Waals surface area contributed by atoms with Crippen LogP contribution in [0.3, 0.4) is 0 Å². The lowest BCUT2D eigenvalue weighted by atomic mass is 10.2. The van der Waals surface area contributed by atoms with Gasteiger partial charge >= 0.3 is 0 Å². The van der Waals surface area contributed by atoms with E-state index >= 15 is 0 Å². The zero-order chi connectivity index (χ0) is 13.2. The molecule has 96 valence electrons. The van der Waals surface area contributed by atoms with Crippen LogP contribution in [0.5, 0.6) is 0 Å². The Morgan fingerprint density at radius 1 is 0.941 bits per heavy atom. The number of benzene rings is 1. The van der Waals surface area contributed by atoms with E-state index in [2.05, 4.69) is 10.1 Å². The van der Waals surface area contributed by atoms with Crippen molar-refractivity contribution in [2.75, 3.05) is 19.0 Å². The van der Waals surface area contributed by atoms with Crippen LogP contribution in [-0.4, -0.2) is 19.8 Å². The van der Waals surface area contributed by atoms with Gasteiger partial charge in [-0.25, -0.2) is 22.0 Å². The number of rotatable bonds is 4. The maximum Gasteiger partial charge on any atom is 0.200 e. The highest BCUT2D eigenvalue weighted by Crippen LogP contribution is 2.27. The highest BCUT2D eigenvalue weighted by atomic mass is 19.2. The van der Waals surface area contributed by atoms with E-state index in [1.165, 1.54) is 14.0 Å². The average Bonchev–Trinajstić information content (AvgIpc) is 2.30. The third-order valence-corrected chi connectivity index (χ3v) is 2.02. The minimum atomic E-state index is -2.18. The summed E-state index contributed by atoms with van der Waals surface area (Å²) in [6.45, 7) is 1.53. The molecule has 7 heteroatoms. The molecule has 1 N–H and O–H groups in total. The predicted molar refractivity (Wildman–Crippen MR) is 51.2 cm³/mol. The number of ether oxygens (including phenoxy) is 1. The van der Waals surface area contributed by atoms with Gasteiger partial charge in [0, 0.05) is 13.2 Å². The molecule has 1 unspecified atom stereocenters. The first-order valence-electron chi connectivity index (χ1n) is 4.67. The second-order valence-electron chi connectivity index (χ2n) is 3.45. The summed E-state index contributed by atoms with van der Waals surface area (Å²) in [5.74, 6) is -9.90. The van der Waals surface area contributed by atoms with Gasteiger partial charge in [0.15, 0.2) is 23.3 Å². The molecule has 0 saturated carbocycles. The molecule has 1 rings (SSSR count). The van der Waals surface area contributed by atoms with E-state index in [1.54, 1.807) is 0 Å². The Morgan fingerprint density at radius 3 is 1.76 bits per heavy atom. The fourth-order valence-electron chi connectivity index (χ4n) is 1.27. The number of hydrogen-bond donors (Lipinski definition) is 1. The molecule has 1 atom stereocenters. The van der Waals surface area contributed by atoms with Gasteiger partial charge in [0.25, 0.3) is 0 Å². The lowest BCUT2D eigenvalue weighted by Gasteiger charge is -2.16. The van der Waals surface area contributed by atoms with E-state index in [-0.39, 0.29) is 6.61 Å². The van der Waals surface area contributed by atoms with Crippen LogP contribution in [0.15, 0.2) is 0 Å². The molecular weight excluding hydrogens is 245 g/mol. The van der Waals surface area contributed by atoms with Gasteiger partial charge < -0.3 is 10.1 Å². The van der Waals surface area contributed by atoms with Crippen molar-refractivity contribution in [2.24, 2.45) is 0 Å². The highest BCUT2D eigenvalue weighted by Gasteiger charge is 2.26. The zero-order valence-electron chi connectivity index (χ0n) is 9.08. The smallest absolute Gasteiger partial charge is 0.200 e. The molecule has 0 heterocycles. The molecule has 0 aliphatic carbocycles. The van der Waals surface area contributed by atoms with Gasteiger partial charge in [-0.3, -0.25) is 0 Å². The minimum absolute atomic E-state index is 0.0551. The normalized spacial score (nSPS) is 12.6. The van der Waals surface area contributed by atoms with Crippen molar-refractivity contribution in [3.05, 3.63) is 29.1 Å². The van der Waals surface area contributed by atoms with Gasteiger partial charge in [-0.2, -0.15) is 0 Å². The highest BCUT2D eigenvalue weighted by molar-refractivity contribution is 5.48. The number of nitrogens with one attached hydrogen (secondary N) is 1. The van der Waals surface area contributed by atoms with Gasteiger partial charge in [-0.1, -0.05) is 0 Å². The molecule has 2 nitrogen and oxygen atoms in total. The average molecular weight is 255 g/mol. The largest absolute Gasteiger partial charge is 0.383 e. The van der Waals surface area contributed by atoms with Crippen molar-refractivity contribution in [2.45, 2.75) is 13.0 Å². The Bertz CT molecular complexity index is 395. The topological polar surface area (TPSA) is 21.3 Å². The van der Waals surface area contributed by atoms with Crippen molar-refractivity contribution in [1.82, 2.24) is 0 Å². The van der Waals surface area contributed by atoms with Crippen LogP contribution in [-0.2, 0) is 4.74 Å². The maximum atomic E-state index is 13.2. The Morgan fingerprint density at radius 2 is 1.35 bits per heavy atom. The zero-order valence-corrected chi connectivity index (χ0v) is 9.08. The molecule has 1 aromatic rings. The molecule has 0 aliphatic rings. The maximum absolute atomic E-state index is 13.2.